The number of hydrogen-bond donors (Lipinski definition) is 0. The van der Waals surface area contributed by atoms with Crippen molar-refractivity contribution in [2.45, 2.75) is 19.8 Å². The number of allylic oxidation sites excluding steroid dienone is 2. The fraction of sp³-hybridized carbons (Fsp3) is 0.462. The van der Waals surface area contributed by atoms with Gasteiger partial charge in [-0.2, -0.15) is 5.26 Å². The molecule has 2 unspecified atom stereocenters. The van der Waals surface area contributed by atoms with Gasteiger partial charge in [0.25, 0.3) is 0 Å². The van der Waals surface area contributed by atoms with Gasteiger partial charge in [0.05, 0.1) is 19.0 Å². The molecule has 0 bridgehead atoms. The molecule has 1 aliphatic carbocycles. The van der Waals surface area contributed by atoms with Crippen molar-refractivity contribution >= 4 is 0 Å². The summed E-state index contributed by atoms with van der Waals surface area (Å²) in [5, 5.41) is 8.60. The number of nitriles is 1. The van der Waals surface area contributed by atoms with E-state index in [0.717, 1.165) is 12.8 Å². The lowest BCUT2D eigenvalue weighted by molar-refractivity contribution is 0.192. The highest BCUT2D eigenvalue weighted by molar-refractivity contribution is 5.18. The van der Waals surface area contributed by atoms with E-state index in [1.54, 1.807) is 0 Å². The van der Waals surface area contributed by atoms with Crippen molar-refractivity contribution in [3.63, 3.8) is 0 Å². The van der Waals surface area contributed by atoms with Gasteiger partial charge in [-0.15, -0.1) is 0 Å². The summed E-state index contributed by atoms with van der Waals surface area (Å²) >= 11 is 0. The molecule has 0 saturated heterocycles. The molecule has 0 aliphatic heterocycles. The van der Waals surface area contributed by atoms with Gasteiger partial charge in [-0.1, -0.05) is 19.1 Å². The van der Waals surface area contributed by atoms with Gasteiger partial charge in [-0.25, -0.2) is 9.97 Å². The SMILES string of the molecule is CC1CC=CCC1COc1cnc(C#N)cn1. The first-order valence-electron chi connectivity index (χ1n) is 5.79. The Kier molecular flexibility index (Phi) is 3.71. The Morgan fingerprint density at radius 2 is 2.18 bits per heavy atom. The number of rotatable bonds is 3. The summed E-state index contributed by atoms with van der Waals surface area (Å²) in [6, 6.07) is 1.93. The zero-order chi connectivity index (χ0) is 12.1. The van der Waals surface area contributed by atoms with Crippen LogP contribution in [-0.4, -0.2) is 16.6 Å². The van der Waals surface area contributed by atoms with Crippen molar-refractivity contribution in [3.05, 3.63) is 30.2 Å². The summed E-state index contributed by atoms with van der Waals surface area (Å²) in [5.41, 5.74) is 0.311. The third-order valence-corrected chi connectivity index (χ3v) is 3.11. The minimum atomic E-state index is 0.311. The van der Waals surface area contributed by atoms with Crippen LogP contribution in [0.4, 0.5) is 0 Å². The molecule has 2 rings (SSSR count). The van der Waals surface area contributed by atoms with Crippen LogP contribution < -0.4 is 4.74 Å². The third-order valence-electron chi connectivity index (χ3n) is 3.11. The van der Waals surface area contributed by atoms with Crippen LogP contribution in [0.25, 0.3) is 0 Å². The lowest BCUT2D eigenvalue weighted by Crippen LogP contribution is -2.21. The Hall–Kier alpha value is -1.89. The number of hydrogen-bond acceptors (Lipinski definition) is 4. The first-order chi connectivity index (χ1) is 8.29. The Labute approximate surface area is 101 Å². The fourth-order valence-corrected chi connectivity index (χ4v) is 1.88. The second-order valence-corrected chi connectivity index (χ2v) is 4.34. The molecule has 1 heterocycles. The van der Waals surface area contributed by atoms with Crippen molar-refractivity contribution in [3.8, 4) is 11.9 Å². The monoisotopic (exact) mass is 229 g/mol. The van der Waals surface area contributed by atoms with Crippen LogP contribution >= 0.6 is 0 Å². The van der Waals surface area contributed by atoms with E-state index in [9.17, 15) is 0 Å². The van der Waals surface area contributed by atoms with Gasteiger partial charge < -0.3 is 4.74 Å². The minimum absolute atomic E-state index is 0.311. The molecule has 0 N–H and O–H groups in total. The Morgan fingerprint density at radius 3 is 2.82 bits per heavy atom. The van der Waals surface area contributed by atoms with E-state index in [2.05, 4.69) is 29.0 Å². The first-order valence-corrected chi connectivity index (χ1v) is 5.79. The maximum Gasteiger partial charge on any atom is 0.232 e. The molecule has 0 radical (unpaired) electrons. The lowest BCUT2D eigenvalue weighted by atomic mass is 9.85. The van der Waals surface area contributed by atoms with Gasteiger partial charge >= 0.3 is 0 Å². The predicted molar refractivity (Wildman–Crippen MR) is 63.3 cm³/mol. The zero-order valence-corrected chi connectivity index (χ0v) is 9.84. The van der Waals surface area contributed by atoms with Crippen molar-refractivity contribution in [2.75, 3.05) is 6.61 Å². The molecular formula is C13H15N3O. The Morgan fingerprint density at radius 1 is 1.35 bits per heavy atom. The van der Waals surface area contributed by atoms with Crippen molar-refractivity contribution in [1.29, 1.82) is 5.26 Å². The summed E-state index contributed by atoms with van der Waals surface area (Å²) in [6.45, 7) is 2.90. The zero-order valence-electron chi connectivity index (χ0n) is 9.84. The summed E-state index contributed by atoms with van der Waals surface area (Å²) in [7, 11) is 0. The van der Waals surface area contributed by atoms with Crippen LogP contribution in [0.3, 0.4) is 0 Å². The Bertz CT molecular complexity index is 433. The maximum absolute atomic E-state index is 8.60. The van der Waals surface area contributed by atoms with Crippen LogP contribution in [0.5, 0.6) is 5.88 Å². The van der Waals surface area contributed by atoms with Gasteiger partial charge in [0.2, 0.25) is 5.88 Å². The minimum Gasteiger partial charge on any atom is -0.476 e. The highest BCUT2D eigenvalue weighted by Crippen LogP contribution is 2.25. The number of ether oxygens (including phenoxy) is 1. The van der Waals surface area contributed by atoms with Gasteiger partial charge in [0.1, 0.15) is 6.07 Å². The van der Waals surface area contributed by atoms with Gasteiger partial charge in [0.15, 0.2) is 5.69 Å². The molecule has 1 aliphatic rings. The molecule has 0 saturated carbocycles. The van der Waals surface area contributed by atoms with E-state index in [-0.39, 0.29) is 0 Å². The van der Waals surface area contributed by atoms with Crippen molar-refractivity contribution in [2.24, 2.45) is 11.8 Å². The van der Waals surface area contributed by atoms with Crippen LogP contribution in [0.15, 0.2) is 24.5 Å². The Balaban J connectivity index is 1.89. The second kappa shape index (κ2) is 5.44. The van der Waals surface area contributed by atoms with Crippen molar-refractivity contribution in [1.82, 2.24) is 9.97 Å². The highest BCUT2D eigenvalue weighted by Gasteiger charge is 2.18. The molecule has 4 nitrogen and oxygen atoms in total. The van der Waals surface area contributed by atoms with E-state index in [4.69, 9.17) is 10.00 Å². The topological polar surface area (TPSA) is 58.8 Å². The molecule has 0 amide bonds. The predicted octanol–water partition coefficient (Wildman–Crippen LogP) is 2.33. The van der Waals surface area contributed by atoms with E-state index < -0.39 is 0 Å². The van der Waals surface area contributed by atoms with Crippen LogP contribution in [0.2, 0.25) is 0 Å². The standard InChI is InChI=1S/C13H15N3O/c1-10-4-2-3-5-11(10)9-17-13-8-15-12(6-14)7-16-13/h2-3,7-8,10-11H,4-5,9H2,1H3. The quantitative estimate of drug-likeness (QED) is 0.746. The molecule has 1 aromatic heterocycles. The van der Waals surface area contributed by atoms with Gasteiger partial charge in [-0.05, 0) is 24.7 Å². The molecule has 4 heteroatoms. The molecular weight excluding hydrogens is 214 g/mol. The normalized spacial score (nSPS) is 23.1. The van der Waals surface area contributed by atoms with Crippen LogP contribution in [0.1, 0.15) is 25.5 Å². The number of aromatic nitrogens is 2. The first kappa shape index (κ1) is 11.6. The molecule has 0 fully saturated rings. The highest BCUT2D eigenvalue weighted by atomic mass is 16.5. The molecule has 17 heavy (non-hydrogen) atoms. The maximum atomic E-state index is 8.60. The van der Waals surface area contributed by atoms with Gasteiger partial charge in [0, 0.05) is 0 Å². The summed E-state index contributed by atoms with van der Waals surface area (Å²) in [4.78, 5) is 7.95. The summed E-state index contributed by atoms with van der Waals surface area (Å²) < 4.78 is 5.60. The third kappa shape index (κ3) is 3.04. The molecule has 0 spiro atoms. The van der Waals surface area contributed by atoms with Crippen LogP contribution in [0, 0.1) is 23.2 Å². The lowest BCUT2D eigenvalue weighted by Gasteiger charge is -2.24. The summed E-state index contributed by atoms with van der Waals surface area (Å²) in [6.07, 6.45) is 9.54. The number of nitrogens with zero attached hydrogens (tertiary/aromatic N) is 3. The van der Waals surface area contributed by atoms with E-state index in [1.807, 2.05) is 6.07 Å². The summed E-state index contributed by atoms with van der Waals surface area (Å²) in [5.74, 6) is 1.68. The fourth-order valence-electron chi connectivity index (χ4n) is 1.88. The average molecular weight is 229 g/mol. The van der Waals surface area contributed by atoms with E-state index in [1.165, 1.54) is 12.4 Å². The van der Waals surface area contributed by atoms with Crippen LogP contribution in [-0.2, 0) is 0 Å². The van der Waals surface area contributed by atoms with E-state index in [0.29, 0.717) is 30.0 Å². The molecule has 2 atom stereocenters. The van der Waals surface area contributed by atoms with Crippen molar-refractivity contribution < 1.29 is 4.74 Å². The second-order valence-electron chi connectivity index (χ2n) is 4.34. The molecule has 88 valence electrons. The smallest absolute Gasteiger partial charge is 0.232 e. The molecule has 0 aromatic carbocycles. The molecule has 1 aromatic rings. The van der Waals surface area contributed by atoms with E-state index >= 15 is 0 Å². The van der Waals surface area contributed by atoms with Gasteiger partial charge in [-0.3, -0.25) is 0 Å². The average Bonchev–Trinajstić information content (AvgIpc) is 2.38. The largest absolute Gasteiger partial charge is 0.476 e.